The van der Waals surface area contributed by atoms with Gasteiger partial charge in [-0.25, -0.2) is 10.4 Å². The molecule has 2 heterocycles. The Labute approximate surface area is 185 Å². The second-order valence-corrected chi connectivity index (χ2v) is 7.87. The van der Waals surface area contributed by atoms with Gasteiger partial charge in [-0.15, -0.1) is 11.3 Å². The van der Waals surface area contributed by atoms with E-state index in [1.54, 1.807) is 0 Å². The summed E-state index contributed by atoms with van der Waals surface area (Å²) in [6, 6.07) is 13.6. The highest BCUT2D eigenvalue weighted by molar-refractivity contribution is 7.17. The first-order chi connectivity index (χ1) is 15.4. The van der Waals surface area contributed by atoms with E-state index in [9.17, 15) is 19.7 Å². The number of aryl methyl sites for hydroxylation is 1. The highest BCUT2D eigenvalue weighted by Crippen LogP contribution is 2.30. The van der Waals surface area contributed by atoms with E-state index in [-0.39, 0.29) is 17.8 Å². The minimum Gasteiger partial charge on any atom is -0.289 e. The summed E-state index contributed by atoms with van der Waals surface area (Å²) in [5.74, 6) is -0.501. The molecule has 0 aliphatic carbocycles. The highest BCUT2D eigenvalue weighted by Gasteiger charge is 2.14. The third-order valence-electron chi connectivity index (χ3n) is 4.74. The lowest BCUT2D eigenvalue weighted by Gasteiger charge is -2.05. The molecule has 10 heteroatoms. The fourth-order valence-corrected chi connectivity index (χ4v) is 3.98. The molecule has 160 valence electrons. The summed E-state index contributed by atoms with van der Waals surface area (Å²) in [5.41, 5.74) is 5.41. The molecule has 4 rings (SSSR count). The Morgan fingerprint density at radius 2 is 1.94 bits per heavy atom. The molecule has 9 nitrogen and oxygen atoms in total. The van der Waals surface area contributed by atoms with Gasteiger partial charge in [0.1, 0.15) is 11.4 Å². The van der Waals surface area contributed by atoms with Crippen molar-refractivity contribution in [1.29, 1.82) is 0 Å². The van der Waals surface area contributed by atoms with Crippen molar-refractivity contribution in [3.8, 4) is 11.1 Å². The summed E-state index contributed by atoms with van der Waals surface area (Å²) in [4.78, 5) is 40.4. The maximum atomic E-state index is 13.0. The first-order valence-corrected chi connectivity index (χ1v) is 10.4. The average Bonchev–Trinajstić information content (AvgIpc) is 3.21. The van der Waals surface area contributed by atoms with Crippen LogP contribution in [-0.4, -0.2) is 26.6 Å². The average molecular weight is 447 g/mol. The highest BCUT2D eigenvalue weighted by atomic mass is 32.1. The quantitative estimate of drug-likeness (QED) is 0.276. The molecule has 0 bridgehead atoms. The van der Waals surface area contributed by atoms with Crippen LogP contribution in [0.2, 0.25) is 0 Å². The van der Waals surface area contributed by atoms with E-state index in [0.29, 0.717) is 15.8 Å². The number of aromatic nitrogens is 2. The lowest BCUT2D eigenvalue weighted by molar-refractivity contribution is -0.384. The summed E-state index contributed by atoms with van der Waals surface area (Å²) in [6.45, 7) is 1.75. The van der Waals surface area contributed by atoms with Crippen molar-refractivity contribution >= 4 is 39.4 Å². The maximum Gasteiger partial charge on any atom is 0.269 e. The Balaban J connectivity index is 1.50. The molecule has 0 aliphatic heterocycles. The predicted octanol–water partition coefficient (Wildman–Crippen LogP) is 3.49. The van der Waals surface area contributed by atoms with Gasteiger partial charge in [0, 0.05) is 23.1 Å². The van der Waals surface area contributed by atoms with Gasteiger partial charge in [0.15, 0.2) is 0 Å². The van der Waals surface area contributed by atoms with Crippen molar-refractivity contribution in [1.82, 2.24) is 15.0 Å². The third-order valence-corrected chi connectivity index (χ3v) is 5.63. The number of hydrogen-bond acceptors (Lipinski definition) is 7. The number of nitro benzene ring substituents is 1. The lowest BCUT2D eigenvalue weighted by atomic mass is 10.1. The van der Waals surface area contributed by atoms with E-state index in [1.165, 1.54) is 52.7 Å². The van der Waals surface area contributed by atoms with Crippen LogP contribution in [0, 0.1) is 17.0 Å². The second kappa shape index (κ2) is 8.90. The molecule has 4 aromatic rings. The van der Waals surface area contributed by atoms with E-state index in [1.807, 2.05) is 36.6 Å². The van der Waals surface area contributed by atoms with Crippen molar-refractivity contribution < 1.29 is 9.72 Å². The van der Waals surface area contributed by atoms with Crippen LogP contribution in [0.4, 0.5) is 5.69 Å². The van der Waals surface area contributed by atoms with E-state index in [2.05, 4.69) is 15.5 Å². The van der Waals surface area contributed by atoms with E-state index in [0.717, 1.165) is 16.7 Å². The predicted molar refractivity (Wildman–Crippen MR) is 123 cm³/mol. The molecule has 32 heavy (non-hydrogen) atoms. The van der Waals surface area contributed by atoms with Gasteiger partial charge in [0.25, 0.3) is 17.2 Å². The smallest absolute Gasteiger partial charge is 0.269 e. The minimum absolute atomic E-state index is 0.0353. The van der Waals surface area contributed by atoms with Crippen LogP contribution in [0.1, 0.15) is 11.1 Å². The lowest BCUT2D eigenvalue weighted by Crippen LogP contribution is -2.30. The fraction of sp³-hybridized carbons (Fsp3) is 0.0909. The Hall–Kier alpha value is -4.18. The number of carbonyl (C=O) groups excluding carboxylic acids is 1. The van der Waals surface area contributed by atoms with E-state index < -0.39 is 10.8 Å². The molecule has 0 atom stereocenters. The number of benzene rings is 2. The van der Waals surface area contributed by atoms with Gasteiger partial charge in [-0.3, -0.25) is 24.3 Å². The molecule has 0 saturated heterocycles. The summed E-state index contributed by atoms with van der Waals surface area (Å²) in [6.07, 6.45) is 2.71. The van der Waals surface area contributed by atoms with Crippen LogP contribution < -0.4 is 11.0 Å². The molecular weight excluding hydrogens is 430 g/mol. The molecule has 2 aromatic carbocycles. The number of carbonyl (C=O) groups is 1. The molecule has 0 radical (unpaired) electrons. The normalized spacial score (nSPS) is 11.2. The summed E-state index contributed by atoms with van der Waals surface area (Å²) < 4.78 is 1.24. The molecule has 1 N–H and O–H groups in total. The van der Waals surface area contributed by atoms with E-state index in [4.69, 9.17) is 0 Å². The number of fused-ring (bicyclic) bond motifs is 1. The third kappa shape index (κ3) is 4.44. The van der Waals surface area contributed by atoms with Crippen LogP contribution in [0.3, 0.4) is 0 Å². The molecule has 0 aliphatic rings. The zero-order chi connectivity index (χ0) is 22.7. The number of thiophene rings is 1. The number of non-ortho nitro benzene ring substituents is 1. The van der Waals surface area contributed by atoms with Gasteiger partial charge in [-0.1, -0.05) is 29.8 Å². The van der Waals surface area contributed by atoms with Crippen molar-refractivity contribution in [3.63, 3.8) is 0 Å². The number of nitrogens with zero attached hydrogens (tertiary/aromatic N) is 4. The number of nitro groups is 1. The molecule has 1 amide bonds. The molecule has 0 spiro atoms. The zero-order valence-electron chi connectivity index (χ0n) is 16.9. The van der Waals surface area contributed by atoms with Crippen LogP contribution in [0.25, 0.3) is 21.3 Å². The second-order valence-electron chi connectivity index (χ2n) is 7.01. The topological polar surface area (TPSA) is 119 Å². The first kappa shape index (κ1) is 21.1. The van der Waals surface area contributed by atoms with E-state index >= 15 is 0 Å². The zero-order valence-corrected chi connectivity index (χ0v) is 17.7. The first-order valence-electron chi connectivity index (χ1n) is 9.52. The van der Waals surface area contributed by atoms with Crippen LogP contribution >= 0.6 is 11.3 Å². The Morgan fingerprint density at radius 1 is 1.22 bits per heavy atom. The summed E-state index contributed by atoms with van der Waals surface area (Å²) >= 11 is 1.38. The Bertz CT molecular complexity index is 1390. The molecule has 0 fully saturated rings. The Morgan fingerprint density at radius 3 is 2.62 bits per heavy atom. The van der Waals surface area contributed by atoms with Gasteiger partial charge >= 0.3 is 0 Å². The van der Waals surface area contributed by atoms with Crippen molar-refractivity contribution in [3.05, 3.63) is 91.8 Å². The van der Waals surface area contributed by atoms with Crippen LogP contribution in [0.15, 0.2) is 70.1 Å². The number of hydrazone groups is 1. The van der Waals surface area contributed by atoms with Crippen molar-refractivity contribution in [2.45, 2.75) is 13.5 Å². The van der Waals surface area contributed by atoms with Gasteiger partial charge in [0.2, 0.25) is 0 Å². The molecular formula is C22H17N5O4S. The van der Waals surface area contributed by atoms with Gasteiger partial charge in [-0.2, -0.15) is 5.10 Å². The number of rotatable bonds is 6. The maximum absolute atomic E-state index is 13.0. The summed E-state index contributed by atoms with van der Waals surface area (Å²) in [7, 11) is 0. The SMILES string of the molecule is Cc1ccc(-c2csc3ncn(CC(=O)N/N=C/c4ccc([N+](=O)[O-])cc4)c(=O)c23)cc1. The monoisotopic (exact) mass is 447 g/mol. The Kier molecular flexibility index (Phi) is 5.86. The van der Waals surface area contributed by atoms with Gasteiger partial charge in [-0.05, 0) is 30.2 Å². The minimum atomic E-state index is -0.501. The summed E-state index contributed by atoms with van der Waals surface area (Å²) in [5, 5.41) is 16.9. The standard InChI is InChI=1S/C22H17N5O4S/c1-14-2-6-16(7-3-14)18-12-32-21-20(18)22(29)26(13-23-21)11-19(28)25-24-10-15-4-8-17(9-5-15)27(30)31/h2-10,12-13H,11H2,1H3,(H,25,28)/b24-10+. The number of amides is 1. The number of hydrogen-bond donors (Lipinski definition) is 1. The van der Waals surface area contributed by atoms with Crippen LogP contribution in [0.5, 0.6) is 0 Å². The van der Waals surface area contributed by atoms with Crippen LogP contribution in [-0.2, 0) is 11.3 Å². The van der Waals surface area contributed by atoms with Crippen molar-refractivity contribution in [2.75, 3.05) is 0 Å². The largest absolute Gasteiger partial charge is 0.289 e. The van der Waals surface area contributed by atoms with Crippen molar-refractivity contribution in [2.24, 2.45) is 5.10 Å². The molecule has 0 unspecified atom stereocenters. The molecule has 2 aromatic heterocycles. The fourth-order valence-electron chi connectivity index (χ4n) is 3.08. The van der Waals surface area contributed by atoms with Gasteiger partial charge in [0.05, 0.1) is 22.9 Å². The van der Waals surface area contributed by atoms with Gasteiger partial charge < -0.3 is 0 Å². The number of nitrogens with one attached hydrogen (secondary N) is 1. The molecule has 0 saturated carbocycles.